The predicted octanol–water partition coefficient (Wildman–Crippen LogP) is 3.69. The number of carbonyl (C=O) groups is 3. The van der Waals surface area contributed by atoms with Gasteiger partial charge < -0.3 is 48.9 Å². The van der Waals surface area contributed by atoms with Crippen LogP contribution in [0.15, 0.2) is 0 Å². The monoisotopic (exact) mass is 828 g/mol. The highest BCUT2D eigenvalue weighted by Crippen LogP contribution is 2.30. The van der Waals surface area contributed by atoms with Crippen LogP contribution in [0.3, 0.4) is 0 Å². The van der Waals surface area contributed by atoms with Crippen molar-refractivity contribution in [1.82, 2.24) is 5.32 Å². The van der Waals surface area contributed by atoms with Crippen LogP contribution in [0.1, 0.15) is 26.2 Å². The molecular formula is C33H38F10N2O11. The molecule has 0 spiro atoms. The van der Waals surface area contributed by atoms with E-state index in [1.165, 1.54) is 6.92 Å². The molecule has 1 amide bonds. The number of halogens is 10. The second-order valence-electron chi connectivity index (χ2n) is 11.4. The zero-order valence-corrected chi connectivity index (χ0v) is 29.7. The molecule has 0 radical (unpaired) electrons. The highest BCUT2D eigenvalue weighted by atomic mass is 19.2. The van der Waals surface area contributed by atoms with Crippen LogP contribution in [0, 0.1) is 58.2 Å². The Morgan fingerprint density at radius 1 is 0.464 bits per heavy atom. The number of hydrogen-bond acceptors (Lipinski definition) is 12. The highest BCUT2D eigenvalue weighted by molar-refractivity contribution is 5.77. The van der Waals surface area contributed by atoms with Gasteiger partial charge in [-0.1, -0.05) is 0 Å². The second-order valence-corrected chi connectivity index (χ2v) is 11.4. The predicted molar refractivity (Wildman–Crippen MR) is 168 cm³/mol. The van der Waals surface area contributed by atoms with Crippen LogP contribution in [0.2, 0.25) is 0 Å². The van der Waals surface area contributed by atoms with Gasteiger partial charge in [-0.2, -0.15) is 17.6 Å². The van der Waals surface area contributed by atoms with Crippen LogP contribution in [-0.2, 0) is 42.8 Å². The fourth-order valence-electron chi connectivity index (χ4n) is 4.11. The van der Waals surface area contributed by atoms with Gasteiger partial charge in [0.15, 0.2) is 0 Å². The van der Waals surface area contributed by atoms with Gasteiger partial charge in [-0.15, -0.1) is 0 Å². The van der Waals surface area contributed by atoms with Crippen molar-refractivity contribution in [2.45, 2.75) is 31.7 Å². The van der Waals surface area contributed by atoms with Crippen molar-refractivity contribution >= 4 is 17.8 Å². The van der Waals surface area contributed by atoms with E-state index in [-0.39, 0.29) is 32.8 Å². The Morgan fingerprint density at radius 3 is 1.12 bits per heavy atom. The number of nitrogens with two attached hydrogens (primary N) is 1. The minimum atomic E-state index is -2.47. The van der Waals surface area contributed by atoms with Crippen LogP contribution in [-0.4, -0.2) is 109 Å². The standard InChI is InChI=1S/C33H38F10N2O11/c1-33(45-18(46)2-6-49-10-12-51-14-15-52-13-11-50-9-5-44,16-53-7-3-19(47)55-31-27(40)23(36)21(34)24(37)28(31)41)17-54-8-4-20(48)56-32-29(42)25(38)22(35)26(39)30(32)43/h2-17,44H2,1H3,(H,45,46). The summed E-state index contributed by atoms with van der Waals surface area (Å²) < 4.78 is 176. The molecule has 2 aromatic carbocycles. The molecule has 0 bridgehead atoms. The molecule has 0 aromatic heterocycles. The quantitative estimate of drug-likeness (QED) is 0.0336. The van der Waals surface area contributed by atoms with Crippen LogP contribution in [0.4, 0.5) is 43.9 Å². The molecule has 0 aliphatic rings. The fourth-order valence-corrected chi connectivity index (χ4v) is 4.11. The average Bonchev–Trinajstić information content (AvgIpc) is 3.17. The molecule has 3 N–H and O–H groups in total. The highest BCUT2D eigenvalue weighted by Gasteiger charge is 2.31. The first kappa shape index (κ1) is 48.0. The number of ether oxygens (including phenoxy) is 8. The van der Waals surface area contributed by atoms with Gasteiger partial charge in [-0.25, -0.2) is 26.3 Å². The first-order valence-electron chi connectivity index (χ1n) is 16.5. The second kappa shape index (κ2) is 24.5. The molecule has 0 fully saturated rings. The number of benzene rings is 2. The van der Waals surface area contributed by atoms with Gasteiger partial charge in [0.1, 0.15) is 0 Å². The first-order valence-corrected chi connectivity index (χ1v) is 16.5. The summed E-state index contributed by atoms with van der Waals surface area (Å²) in [6.45, 7) is 1.52. The maximum atomic E-state index is 13.8. The number of amides is 1. The van der Waals surface area contributed by atoms with E-state index in [0.717, 1.165) is 0 Å². The van der Waals surface area contributed by atoms with Gasteiger partial charge in [0.05, 0.1) is 97.7 Å². The molecule has 0 aliphatic carbocycles. The van der Waals surface area contributed by atoms with Gasteiger partial charge in [0.25, 0.3) is 0 Å². The van der Waals surface area contributed by atoms with Crippen LogP contribution >= 0.6 is 0 Å². The lowest BCUT2D eigenvalue weighted by Gasteiger charge is -2.30. The smallest absolute Gasteiger partial charge is 0.313 e. The summed E-state index contributed by atoms with van der Waals surface area (Å²) in [6.07, 6.45) is -1.80. The third-order valence-corrected chi connectivity index (χ3v) is 6.81. The third-order valence-electron chi connectivity index (χ3n) is 6.81. The molecule has 56 heavy (non-hydrogen) atoms. The van der Waals surface area contributed by atoms with Gasteiger partial charge in [0.2, 0.25) is 75.6 Å². The van der Waals surface area contributed by atoms with Gasteiger partial charge in [-0.05, 0) is 6.92 Å². The number of nitrogens with one attached hydrogen (secondary N) is 1. The molecular weight excluding hydrogens is 790 g/mol. The van der Waals surface area contributed by atoms with Gasteiger partial charge >= 0.3 is 11.9 Å². The lowest BCUT2D eigenvalue weighted by Crippen LogP contribution is -2.53. The Labute approximate surface area is 312 Å². The van der Waals surface area contributed by atoms with Crippen molar-refractivity contribution in [3.8, 4) is 11.5 Å². The molecule has 0 saturated heterocycles. The lowest BCUT2D eigenvalue weighted by molar-refractivity contribution is -0.137. The van der Waals surface area contributed by atoms with E-state index in [1.54, 1.807) is 0 Å². The number of hydrogen-bond donors (Lipinski definition) is 2. The summed E-state index contributed by atoms with van der Waals surface area (Å²) in [5, 5.41) is 2.56. The van der Waals surface area contributed by atoms with Crippen LogP contribution in [0.5, 0.6) is 11.5 Å². The Hall–Kier alpha value is -4.13. The van der Waals surface area contributed by atoms with E-state index >= 15 is 0 Å². The van der Waals surface area contributed by atoms with Crippen molar-refractivity contribution < 1.29 is 96.2 Å². The van der Waals surface area contributed by atoms with Crippen LogP contribution < -0.4 is 20.5 Å². The molecule has 0 saturated carbocycles. The normalized spacial score (nSPS) is 11.6. The lowest BCUT2D eigenvalue weighted by atomic mass is 10.0. The maximum absolute atomic E-state index is 13.8. The Morgan fingerprint density at radius 2 is 0.768 bits per heavy atom. The Bertz CT molecular complexity index is 1470. The summed E-state index contributed by atoms with van der Waals surface area (Å²) >= 11 is 0. The number of esters is 2. The molecule has 0 unspecified atom stereocenters. The van der Waals surface area contributed by atoms with Crippen molar-refractivity contribution in [1.29, 1.82) is 0 Å². The molecule has 2 rings (SSSR count). The van der Waals surface area contributed by atoms with Crippen molar-refractivity contribution in [3.05, 3.63) is 58.2 Å². The summed E-state index contributed by atoms with van der Waals surface area (Å²) in [5.41, 5.74) is 3.80. The third kappa shape index (κ3) is 15.4. The molecule has 13 nitrogen and oxygen atoms in total. The summed E-state index contributed by atoms with van der Waals surface area (Å²) in [4.78, 5) is 36.9. The minimum absolute atomic E-state index is 0.0883. The van der Waals surface area contributed by atoms with Crippen LogP contribution in [0.25, 0.3) is 0 Å². The SMILES string of the molecule is CC(COCCC(=O)Oc1c(F)c(F)c(F)c(F)c1F)(COCCC(=O)Oc1c(F)c(F)c(F)c(F)c1F)NC(=O)CCOCCOCCOCCOCCN. The molecule has 0 heterocycles. The van der Waals surface area contributed by atoms with Crippen molar-refractivity contribution in [2.75, 3.05) is 85.8 Å². The molecule has 316 valence electrons. The van der Waals surface area contributed by atoms with E-state index in [1.807, 2.05) is 0 Å². The summed E-state index contributed by atoms with van der Waals surface area (Å²) in [6, 6.07) is 0. The van der Waals surface area contributed by atoms with E-state index in [2.05, 4.69) is 14.8 Å². The molecule has 0 aliphatic heterocycles. The molecule has 23 heteroatoms. The topological polar surface area (TPSA) is 163 Å². The minimum Gasteiger partial charge on any atom is -0.420 e. The average molecular weight is 829 g/mol. The maximum Gasteiger partial charge on any atom is 0.313 e. The summed E-state index contributed by atoms with van der Waals surface area (Å²) in [7, 11) is 0. The van der Waals surface area contributed by atoms with Gasteiger partial charge in [0, 0.05) is 13.0 Å². The van der Waals surface area contributed by atoms with Gasteiger partial charge in [-0.3, -0.25) is 14.4 Å². The Balaban J connectivity index is 1.89. The van der Waals surface area contributed by atoms with E-state index in [4.69, 9.17) is 34.2 Å². The zero-order valence-electron chi connectivity index (χ0n) is 29.7. The van der Waals surface area contributed by atoms with E-state index in [9.17, 15) is 58.3 Å². The van der Waals surface area contributed by atoms with Crippen molar-refractivity contribution in [2.24, 2.45) is 5.73 Å². The summed E-state index contributed by atoms with van der Waals surface area (Å²) in [5.74, 6) is -31.1. The van der Waals surface area contributed by atoms with E-state index < -0.39 is 132 Å². The Kier molecular flexibility index (Phi) is 21.0. The largest absolute Gasteiger partial charge is 0.420 e. The van der Waals surface area contributed by atoms with E-state index in [0.29, 0.717) is 33.0 Å². The fraction of sp³-hybridized carbons (Fsp3) is 0.545. The number of rotatable bonds is 27. The molecule has 0 atom stereocenters. The molecule has 2 aromatic rings. The van der Waals surface area contributed by atoms with Crippen molar-refractivity contribution in [3.63, 3.8) is 0 Å². The zero-order chi connectivity index (χ0) is 41.8. The number of carbonyl (C=O) groups excluding carboxylic acids is 3. The first-order chi connectivity index (χ1) is 26.5.